The van der Waals surface area contributed by atoms with Gasteiger partial charge in [-0.1, -0.05) is 86.6 Å². The monoisotopic (exact) mass is 446 g/mol. The van der Waals surface area contributed by atoms with Crippen LogP contribution in [0.2, 0.25) is 0 Å². The van der Waals surface area contributed by atoms with Gasteiger partial charge < -0.3 is 9.73 Å². The average molecular weight is 447 g/mol. The van der Waals surface area contributed by atoms with E-state index in [-0.39, 0.29) is 5.91 Å². The molecule has 0 aliphatic carbocycles. The van der Waals surface area contributed by atoms with E-state index in [0.29, 0.717) is 28.6 Å². The van der Waals surface area contributed by atoms with Gasteiger partial charge in [-0.25, -0.2) is 4.98 Å². The number of fused-ring (bicyclic) bond motifs is 1. The van der Waals surface area contributed by atoms with Crippen LogP contribution in [0.4, 0.5) is 5.69 Å². The van der Waals surface area contributed by atoms with Gasteiger partial charge in [-0.2, -0.15) is 0 Å². The molecule has 0 aliphatic rings. The maximum Gasteiger partial charge on any atom is 0.236 e. The number of amides is 1. The average Bonchev–Trinajstić information content (AvgIpc) is 3.29. The van der Waals surface area contributed by atoms with Gasteiger partial charge in [-0.05, 0) is 52.9 Å². The molecule has 1 aromatic heterocycles. The van der Waals surface area contributed by atoms with Crippen LogP contribution in [0.1, 0.15) is 42.4 Å². The third-order valence-corrected chi connectivity index (χ3v) is 6.01. The van der Waals surface area contributed by atoms with Crippen LogP contribution in [0.15, 0.2) is 108 Å². The Morgan fingerprint density at radius 1 is 0.765 bits per heavy atom. The number of benzene rings is 4. The van der Waals surface area contributed by atoms with E-state index in [1.165, 1.54) is 5.56 Å². The third kappa shape index (κ3) is 4.48. The lowest BCUT2D eigenvalue weighted by Gasteiger charge is -2.18. The smallest absolute Gasteiger partial charge is 0.236 e. The van der Waals surface area contributed by atoms with Gasteiger partial charge in [0.15, 0.2) is 5.58 Å². The van der Waals surface area contributed by atoms with Gasteiger partial charge in [0, 0.05) is 11.3 Å². The zero-order valence-corrected chi connectivity index (χ0v) is 19.2. The molecule has 0 atom stereocenters. The third-order valence-electron chi connectivity index (χ3n) is 6.01. The largest absolute Gasteiger partial charge is 0.436 e. The van der Waals surface area contributed by atoms with E-state index in [2.05, 4.69) is 36.3 Å². The predicted molar refractivity (Wildman–Crippen MR) is 137 cm³/mol. The van der Waals surface area contributed by atoms with E-state index < -0.39 is 5.92 Å². The van der Waals surface area contributed by atoms with Crippen molar-refractivity contribution in [1.29, 1.82) is 0 Å². The van der Waals surface area contributed by atoms with Crippen molar-refractivity contribution in [1.82, 2.24) is 4.98 Å². The first kappa shape index (κ1) is 21.7. The highest BCUT2D eigenvalue weighted by atomic mass is 16.3. The van der Waals surface area contributed by atoms with Crippen LogP contribution in [0, 0.1) is 0 Å². The Hall–Kier alpha value is -4.18. The number of oxazole rings is 1. The Bertz CT molecular complexity index is 1370. The summed E-state index contributed by atoms with van der Waals surface area (Å²) in [7, 11) is 0. The Balaban J connectivity index is 1.42. The fraction of sp³-hybridized carbons (Fsp3) is 0.133. The van der Waals surface area contributed by atoms with Gasteiger partial charge in [0.05, 0.1) is 5.92 Å². The van der Waals surface area contributed by atoms with E-state index in [9.17, 15) is 4.79 Å². The molecule has 1 heterocycles. The molecule has 0 saturated carbocycles. The maximum atomic E-state index is 13.4. The van der Waals surface area contributed by atoms with E-state index in [4.69, 9.17) is 4.42 Å². The lowest BCUT2D eigenvalue weighted by molar-refractivity contribution is -0.116. The normalized spacial score (nSPS) is 11.3. The molecule has 1 N–H and O–H groups in total. The fourth-order valence-electron chi connectivity index (χ4n) is 4.14. The van der Waals surface area contributed by atoms with Crippen molar-refractivity contribution < 1.29 is 9.21 Å². The van der Waals surface area contributed by atoms with E-state index in [0.717, 1.165) is 16.7 Å². The molecule has 0 bridgehead atoms. The number of rotatable bonds is 6. The summed E-state index contributed by atoms with van der Waals surface area (Å²) in [5.74, 6) is 0.537. The molecule has 5 aromatic rings. The molecule has 4 nitrogen and oxygen atoms in total. The number of nitrogens with one attached hydrogen (secondary N) is 1. The summed E-state index contributed by atoms with van der Waals surface area (Å²) in [6, 6.07) is 33.5. The molecule has 168 valence electrons. The summed E-state index contributed by atoms with van der Waals surface area (Å²) in [4.78, 5) is 18.1. The quantitative estimate of drug-likeness (QED) is 0.296. The SMILES string of the molecule is CC(C)c1ccc(-c2nc3cc(NC(=O)C(c4ccccc4)c4ccccc4)ccc3o2)cc1. The maximum absolute atomic E-state index is 13.4. The molecule has 5 rings (SSSR count). The second-order valence-corrected chi connectivity index (χ2v) is 8.72. The van der Waals surface area contributed by atoms with Crippen molar-refractivity contribution in [3.8, 4) is 11.5 Å². The topological polar surface area (TPSA) is 55.1 Å². The van der Waals surface area contributed by atoms with Crippen molar-refractivity contribution in [2.24, 2.45) is 0 Å². The lowest BCUT2D eigenvalue weighted by Crippen LogP contribution is -2.22. The van der Waals surface area contributed by atoms with E-state index in [1.807, 2.05) is 91.0 Å². The van der Waals surface area contributed by atoms with Gasteiger partial charge in [0.1, 0.15) is 5.52 Å². The minimum absolute atomic E-state index is 0.0928. The first-order valence-corrected chi connectivity index (χ1v) is 11.5. The number of carbonyl (C=O) groups is 1. The van der Waals surface area contributed by atoms with Crippen molar-refractivity contribution in [3.63, 3.8) is 0 Å². The van der Waals surface area contributed by atoms with Crippen molar-refractivity contribution in [2.75, 3.05) is 5.32 Å². The van der Waals surface area contributed by atoms with Crippen molar-refractivity contribution in [3.05, 3.63) is 120 Å². The number of nitrogens with zero attached hydrogens (tertiary/aromatic N) is 1. The Labute approximate surface area is 199 Å². The second kappa shape index (κ2) is 9.36. The van der Waals surface area contributed by atoms with Gasteiger partial charge in [-0.15, -0.1) is 0 Å². The highest BCUT2D eigenvalue weighted by Gasteiger charge is 2.23. The zero-order valence-electron chi connectivity index (χ0n) is 19.2. The standard InChI is InChI=1S/C30H26N2O2/c1-20(2)21-13-15-24(16-14-21)30-32-26-19-25(17-18-27(26)34-30)31-29(33)28(22-9-5-3-6-10-22)23-11-7-4-8-12-23/h3-20,28H,1-2H3,(H,31,33). The first-order chi connectivity index (χ1) is 16.6. The second-order valence-electron chi connectivity index (χ2n) is 8.72. The highest BCUT2D eigenvalue weighted by Crippen LogP contribution is 2.29. The number of anilines is 1. The van der Waals surface area contributed by atoms with Crippen LogP contribution < -0.4 is 5.32 Å². The van der Waals surface area contributed by atoms with Gasteiger partial charge in [-0.3, -0.25) is 4.79 Å². The first-order valence-electron chi connectivity index (χ1n) is 11.5. The molecule has 4 aromatic carbocycles. The Morgan fingerprint density at radius 3 is 1.97 bits per heavy atom. The summed E-state index contributed by atoms with van der Waals surface area (Å²) >= 11 is 0. The van der Waals surface area contributed by atoms with Crippen LogP contribution in [-0.4, -0.2) is 10.9 Å². The molecule has 0 fully saturated rings. The van der Waals surface area contributed by atoms with Gasteiger partial charge in [0.2, 0.25) is 11.8 Å². The lowest BCUT2D eigenvalue weighted by atomic mass is 9.90. The van der Waals surface area contributed by atoms with Crippen LogP contribution >= 0.6 is 0 Å². The summed E-state index contributed by atoms with van der Waals surface area (Å²) in [5, 5.41) is 3.08. The summed E-state index contributed by atoms with van der Waals surface area (Å²) < 4.78 is 5.98. The number of hydrogen-bond acceptors (Lipinski definition) is 3. The molecular weight excluding hydrogens is 420 g/mol. The van der Waals surface area contributed by atoms with Crippen molar-refractivity contribution >= 4 is 22.7 Å². The number of aromatic nitrogens is 1. The number of hydrogen-bond donors (Lipinski definition) is 1. The summed E-state index contributed by atoms with van der Waals surface area (Å²) in [6.45, 7) is 4.34. The van der Waals surface area contributed by atoms with Crippen LogP contribution in [-0.2, 0) is 4.79 Å². The predicted octanol–water partition coefficient (Wildman–Crippen LogP) is 7.39. The molecule has 0 aliphatic heterocycles. The minimum Gasteiger partial charge on any atom is -0.436 e. The molecule has 4 heteroatoms. The fourth-order valence-corrected chi connectivity index (χ4v) is 4.14. The van der Waals surface area contributed by atoms with Crippen LogP contribution in [0.25, 0.3) is 22.6 Å². The molecule has 1 amide bonds. The van der Waals surface area contributed by atoms with Gasteiger partial charge >= 0.3 is 0 Å². The summed E-state index contributed by atoms with van der Waals surface area (Å²) in [5.41, 5.74) is 6.17. The van der Waals surface area contributed by atoms with Crippen molar-refractivity contribution in [2.45, 2.75) is 25.7 Å². The number of carbonyl (C=O) groups excluding carboxylic acids is 1. The zero-order chi connectivity index (χ0) is 23.5. The van der Waals surface area contributed by atoms with Crippen LogP contribution in [0.5, 0.6) is 0 Å². The van der Waals surface area contributed by atoms with E-state index in [1.54, 1.807) is 0 Å². The van der Waals surface area contributed by atoms with E-state index >= 15 is 0 Å². The minimum atomic E-state index is -0.412. The molecule has 0 unspecified atom stereocenters. The van der Waals surface area contributed by atoms with Gasteiger partial charge in [0.25, 0.3) is 0 Å². The molecule has 0 spiro atoms. The molecule has 0 saturated heterocycles. The Morgan fingerprint density at radius 2 is 1.38 bits per heavy atom. The van der Waals surface area contributed by atoms with Crippen LogP contribution in [0.3, 0.4) is 0 Å². The molecule has 0 radical (unpaired) electrons. The molecular formula is C30H26N2O2. The highest BCUT2D eigenvalue weighted by molar-refractivity contribution is 5.99. The molecule has 34 heavy (non-hydrogen) atoms. The summed E-state index contributed by atoms with van der Waals surface area (Å²) in [6.07, 6.45) is 0. The Kier molecular flexibility index (Phi) is 5.96.